The molecule has 1 aromatic rings. The van der Waals surface area contributed by atoms with E-state index in [0.29, 0.717) is 0 Å². The van der Waals surface area contributed by atoms with Crippen molar-refractivity contribution in [2.24, 2.45) is 12.0 Å². The molecule has 17 heavy (non-hydrogen) atoms. The Morgan fingerprint density at radius 1 is 1.35 bits per heavy atom. The molecule has 98 valence electrons. The van der Waals surface area contributed by atoms with Gasteiger partial charge in [0.1, 0.15) is 0 Å². The molecule has 0 spiro atoms. The number of nitrogens with one attached hydrogen (secondary N) is 2. The van der Waals surface area contributed by atoms with E-state index in [1.54, 1.807) is 0 Å². The number of guanidine groups is 1. The SMILES string of the molecule is CCNC(=NCCc1cnn(C)c1)NCC.I. The molecule has 0 atom stereocenters. The van der Waals surface area contributed by atoms with E-state index in [-0.39, 0.29) is 24.0 Å². The molecule has 1 heterocycles. The van der Waals surface area contributed by atoms with Crippen LogP contribution in [0.5, 0.6) is 0 Å². The molecule has 0 radical (unpaired) electrons. The fraction of sp³-hybridized carbons (Fsp3) is 0.636. The van der Waals surface area contributed by atoms with Gasteiger partial charge in [0.05, 0.1) is 6.20 Å². The number of aliphatic imine (C=N–C) groups is 1. The molecule has 0 aliphatic rings. The van der Waals surface area contributed by atoms with E-state index in [1.165, 1.54) is 5.56 Å². The molecule has 1 aromatic heterocycles. The van der Waals surface area contributed by atoms with Gasteiger partial charge in [-0.05, 0) is 25.8 Å². The summed E-state index contributed by atoms with van der Waals surface area (Å²) in [5, 5.41) is 10.5. The number of rotatable bonds is 5. The minimum absolute atomic E-state index is 0. The fourth-order valence-electron chi connectivity index (χ4n) is 1.41. The van der Waals surface area contributed by atoms with Crippen LogP contribution in [0.25, 0.3) is 0 Å². The summed E-state index contributed by atoms with van der Waals surface area (Å²) in [5.74, 6) is 0.883. The van der Waals surface area contributed by atoms with E-state index < -0.39 is 0 Å². The van der Waals surface area contributed by atoms with E-state index in [4.69, 9.17) is 0 Å². The lowest BCUT2D eigenvalue weighted by atomic mass is 10.3. The lowest BCUT2D eigenvalue weighted by Crippen LogP contribution is -2.37. The predicted molar refractivity (Wildman–Crippen MR) is 82.0 cm³/mol. The van der Waals surface area contributed by atoms with E-state index in [0.717, 1.165) is 32.0 Å². The normalized spacial score (nSPS) is 9.35. The summed E-state index contributed by atoms with van der Waals surface area (Å²) in [6.07, 6.45) is 4.83. The van der Waals surface area contributed by atoms with Crippen molar-refractivity contribution in [3.63, 3.8) is 0 Å². The number of aryl methyl sites for hydroxylation is 1. The topological polar surface area (TPSA) is 54.2 Å². The fourth-order valence-corrected chi connectivity index (χ4v) is 1.41. The van der Waals surface area contributed by atoms with Crippen molar-refractivity contribution in [1.29, 1.82) is 0 Å². The van der Waals surface area contributed by atoms with Gasteiger partial charge in [0.25, 0.3) is 0 Å². The lowest BCUT2D eigenvalue weighted by molar-refractivity contribution is 0.766. The summed E-state index contributed by atoms with van der Waals surface area (Å²) < 4.78 is 1.81. The van der Waals surface area contributed by atoms with E-state index in [2.05, 4.69) is 34.6 Å². The van der Waals surface area contributed by atoms with Gasteiger partial charge in [-0.2, -0.15) is 5.10 Å². The second-order valence-corrected chi connectivity index (χ2v) is 3.56. The maximum Gasteiger partial charge on any atom is 0.191 e. The molecule has 0 aliphatic carbocycles. The quantitative estimate of drug-likeness (QED) is 0.476. The van der Waals surface area contributed by atoms with Crippen LogP contribution in [0.2, 0.25) is 0 Å². The number of hydrogen-bond donors (Lipinski definition) is 2. The largest absolute Gasteiger partial charge is 0.357 e. The molecule has 0 saturated carbocycles. The maximum atomic E-state index is 4.47. The molecule has 0 bridgehead atoms. The van der Waals surface area contributed by atoms with E-state index >= 15 is 0 Å². The Balaban J connectivity index is 0.00000256. The summed E-state index contributed by atoms with van der Waals surface area (Å²) in [4.78, 5) is 4.47. The summed E-state index contributed by atoms with van der Waals surface area (Å²) in [6.45, 7) is 6.68. The lowest BCUT2D eigenvalue weighted by Gasteiger charge is -2.08. The number of nitrogens with zero attached hydrogens (tertiary/aromatic N) is 3. The molecule has 0 unspecified atom stereocenters. The average Bonchev–Trinajstić information content (AvgIpc) is 2.65. The third-order valence-corrected chi connectivity index (χ3v) is 2.12. The van der Waals surface area contributed by atoms with Crippen LogP contribution in [0.3, 0.4) is 0 Å². The van der Waals surface area contributed by atoms with E-state index in [1.807, 2.05) is 24.1 Å². The highest BCUT2D eigenvalue weighted by Gasteiger charge is 1.97. The Labute approximate surface area is 120 Å². The Morgan fingerprint density at radius 2 is 2.00 bits per heavy atom. The molecule has 5 nitrogen and oxygen atoms in total. The van der Waals surface area contributed by atoms with Gasteiger partial charge in [-0.25, -0.2) is 0 Å². The van der Waals surface area contributed by atoms with Crippen LogP contribution < -0.4 is 10.6 Å². The first-order valence-electron chi connectivity index (χ1n) is 5.76. The third kappa shape index (κ3) is 6.50. The second kappa shape index (κ2) is 9.26. The van der Waals surface area contributed by atoms with Crippen molar-refractivity contribution >= 4 is 29.9 Å². The first-order valence-corrected chi connectivity index (χ1v) is 5.76. The van der Waals surface area contributed by atoms with Crippen LogP contribution in [-0.4, -0.2) is 35.4 Å². The van der Waals surface area contributed by atoms with Crippen LogP contribution in [0.15, 0.2) is 17.4 Å². The molecular weight excluding hydrogens is 329 g/mol. The zero-order valence-electron chi connectivity index (χ0n) is 10.7. The zero-order valence-corrected chi connectivity index (χ0v) is 13.1. The van der Waals surface area contributed by atoms with Crippen LogP contribution in [-0.2, 0) is 13.5 Å². The minimum atomic E-state index is 0. The molecule has 1 rings (SSSR count). The van der Waals surface area contributed by atoms with Crippen molar-refractivity contribution in [2.45, 2.75) is 20.3 Å². The van der Waals surface area contributed by atoms with Gasteiger partial charge < -0.3 is 10.6 Å². The zero-order chi connectivity index (χ0) is 11.8. The highest BCUT2D eigenvalue weighted by Crippen LogP contribution is 1.97. The van der Waals surface area contributed by atoms with Crippen LogP contribution >= 0.6 is 24.0 Å². The van der Waals surface area contributed by atoms with Gasteiger partial charge >= 0.3 is 0 Å². The third-order valence-electron chi connectivity index (χ3n) is 2.12. The Hall–Kier alpha value is -0.790. The van der Waals surface area contributed by atoms with Crippen LogP contribution in [0, 0.1) is 0 Å². The predicted octanol–water partition coefficient (Wildman–Crippen LogP) is 1.16. The molecule has 0 saturated heterocycles. The average molecular weight is 351 g/mol. The number of halogens is 1. The van der Waals surface area contributed by atoms with Crippen LogP contribution in [0.1, 0.15) is 19.4 Å². The van der Waals surface area contributed by atoms with Gasteiger partial charge in [0, 0.05) is 32.9 Å². The molecule has 2 N–H and O–H groups in total. The highest BCUT2D eigenvalue weighted by atomic mass is 127. The van der Waals surface area contributed by atoms with Gasteiger partial charge in [-0.1, -0.05) is 0 Å². The Bertz CT molecular complexity index is 326. The molecule has 6 heteroatoms. The monoisotopic (exact) mass is 351 g/mol. The van der Waals surface area contributed by atoms with Gasteiger partial charge in [0.2, 0.25) is 0 Å². The first-order chi connectivity index (χ1) is 7.76. The number of aromatic nitrogens is 2. The van der Waals surface area contributed by atoms with Crippen molar-refractivity contribution in [3.8, 4) is 0 Å². The Morgan fingerprint density at radius 3 is 2.47 bits per heavy atom. The molecule has 0 aliphatic heterocycles. The molecule has 0 aromatic carbocycles. The van der Waals surface area contributed by atoms with Gasteiger partial charge in [-0.3, -0.25) is 9.67 Å². The van der Waals surface area contributed by atoms with Gasteiger partial charge in [-0.15, -0.1) is 24.0 Å². The minimum Gasteiger partial charge on any atom is -0.357 e. The van der Waals surface area contributed by atoms with Crippen molar-refractivity contribution in [3.05, 3.63) is 18.0 Å². The van der Waals surface area contributed by atoms with Crippen molar-refractivity contribution in [2.75, 3.05) is 19.6 Å². The molecule has 0 amide bonds. The van der Waals surface area contributed by atoms with Gasteiger partial charge in [0.15, 0.2) is 5.96 Å². The Kier molecular flexibility index (Phi) is 8.83. The summed E-state index contributed by atoms with van der Waals surface area (Å²) in [6, 6.07) is 0. The smallest absolute Gasteiger partial charge is 0.191 e. The van der Waals surface area contributed by atoms with E-state index in [9.17, 15) is 0 Å². The molecule has 0 fully saturated rings. The molecular formula is C11H22IN5. The second-order valence-electron chi connectivity index (χ2n) is 3.56. The van der Waals surface area contributed by atoms with Crippen molar-refractivity contribution < 1.29 is 0 Å². The standard InChI is InChI=1S/C11H21N5.HI/c1-4-12-11(13-5-2)14-7-6-10-8-15-16(3)9-10;/h8-9H,4-7H2,1-3H3,(H2,12,13,14);1H. The first kappa shape index (κ1) is 16.2. The summed E-state index contributed by atoms with van der Waals surface area (Å²) in [5.41, 5.74) is 1.22. The number of hydrogen-bond acceptors (Lipinski definition) is 2. The van der Waals surface area contributed by atoms with Crippen LogP contribution in [0.4, 0.5) is 0 Å². The summed E-state index contributed by atoms with van der Waals surface area (Å²) in [7, 11) is 1.93. The highest BCUT2D eigenvalue weighted by molar-refractivity contribution is 14.0. The summed E-state index contributed by atoms with van der Waals surface area (Å²) >= 11 is 0. The van der Waals surface area contributed by atoms with Crippen molar-refractivity contribution in [1.82, 2.24) is 20.4 Å². The maximum absolute atomic E-state index is 4.47.